The maximum atomic E-state index is 10.6. The molecule has 0 aliphatic carbocycles. The highest BCUT2D eigenvalue weighted by Crippen LogP contribution is 2.17. The number of carbonyl (C=O) groups is 1. The summed E-state index contributed by atoms with van der Waals surface area (Å²) >= 11 is 0. The van der Waals surface area contributed by atoms with Crippen molar-refractivity contribution in [2.24, 2.45) is 0 Å². The monoisotopic (exact) mass is 238 g/mol. The van der Waals surface area contributed by atoms with Gasteiger partial charge in [0.05, 0.1) is 6.10 Å². The van der Waals surface area contributed by atoms with Crippen LogP contribution in [0, 0.1) is 0 Å². The average molecular weight is 238 g/mol. The molecule has 0 heterocycles. The molecule has 0 aliphatic heterocycles. The van der Waals surface area contributed by atoms with Gasteiger partial charge in [0, 0.05) is 19.3 Å². The van der Waals surface area contributed by atoms with E-state index in [4.69, 9.17) is 5.11 Å². The fourth-order valence-electron chi connectivity index (χ4n) is 1.56. The first-order valence-corrected chi connectivity index (χ1v) is 5.40. The molecule has 0 bridgehead atoms. The maximum Gasteiger partial charge on any atom is 0.323 e. The molecule has 1 atom stereocenters. The molecule has 0 saturated heterocycles. The Morgan fingerprint density at radius 1 is 1.41 bits per heavy atom. The summed E-state index contributed by atoms with van der Waals surface area (Å²) in [4.78, 5) is 12.2. The molecule has 0 aliphatic rings. The van der Waals surface area contributed by atoms with E-state index < -0.39 is 12.1 Å². The first-order valence-electron chi connectivity index (χ1n) is 5.40. The predicted molar refractivity (Wildman–Crippen MR) is 66.2 cm³/mol. The Hall–Kier alpha value is -1.59. The van der Waals surface area contributed by atoms with Crippen molar-refractivity contribution in [1.29, 1.82) is 0 Å². The number of hydrogen-bond acceptors (Lipinski definition) is 4. The number of anilines is 1. The lowest BCUT2D eigenvalue weighted by atomic mass is 10.1. The van der Waals surface area contributed by atoms with Gasteiger partial charge in [-0.25, -0.2) is 0 Å². The Kier molecular flexibility index (Phi) is 4.93. The van der Waals surface area contributed by atoms with Crippen molar-refractivity contribution in [2.45, 2.75) is 6.10 Å². The number of rotatable bonds is 6. The number of carboxylic acids is 1. The van der Waals surface area contributed by atoms with Crippen molar-refractivity contribution < 1.29 is 15.0 Å². The van der Waals surface area contributed by atoms with E-state index in [1.54, 1.807) is 43.3 Å². The molecule has 0 saturated carbocycles. The zero-order valence-electron chi connectivity index (χ0n) is 10.1. The van der Waals surface area contributed by atoms with Crippen molar-refractivity contribution in [2.75, 3.05) is 32.1 Å². The SMILES string of the molecule is CNCC(O)c1ccc(N(C)CC(=O)O)cc1. The molecule has 1 unspecified atom stereocenters. The lowest BCUT2D eigenvalue weighted by Gasteiger charge is -2.18. The first kappa shape index (κ1) is 13.5. The zero-order chi connectivity index (χ0) is 12.8. The van der Waals surface area contributed by atoms with Gasteiger partial charge >= 0.3 is 5.97 Å². The van der Waals surface area contributed by atoms with Crippen molar-refractivity contribution in [3.8, 4) is 0 Å². The second-order valence-electron chi connectivity index (χ2n) is 3.91. The molecular weight excluding hydrogens is 220 g/mol. The van der Waals surface area contributed by atoms with Gasteiger partial charge in [-0.3, -0.25) is 4.79 Å². The van der Waals surface area contributed by atoms with Crippen molar-refractivity contribution >= 4 is 11.7 Å². The number of aliphatic carboxylic acids is 1. The Morgan fingerprint density at radius 3 is 2.47 bits per heavy atom. The zero-order valence-corrected chi connectivity index (χ0v) is 10.1. The normalized spacial score (nSPS) is 12.2. The van der Waals surface area contributed by atoms with E-state index in [0.29, 0.717) is 6.54 Å². The summed E-state index contributed by atoms with van der Waals surface area (Å²) in [6.45, 7) is 0.447. The second-order valence-corrected chi connectivity index (χ2v) is 3.91. The highest BCUT2D eigenvalue weighted by atomic mass is 16.4. The predicted octanol–water partition coefficient (Wildman–Crippen LogP) is 0.460. The van der Waals surface area contributed by atoms with E-state index >= 15 is 0 Å². The third kappa shape index (κ3) is 4.05. The standard InChI is InChI=1S/C12H18N2O3/c1-13-7-11(15)9-3-5-10(6-4-9)14(2)8-12(16)17/h3-6,11,13,15H,7-8H2,1-2H3,(H,16,17). The van der Waals surface area contributed by atoms with Crippen LogP contribution >= 0.6 is 0 Å². The van der Waals surface area contributed by atoms with E-state index in [2.05, 4.69) is 5.32 Å². The van der Waals surface area contributed by atoms with Crippen LogP contribution in [0.5, 0.6) is 0 Å². The Balaban J connectivity index is 2.70. The minimum absolute atomic E-state index is 0.0432. The number of hydrogen-bond donors (Lipinski definition) is 3. The van der Waals surface area contributed by atoms with E-state index in [1.165, 1.54) is 0 Å². The lowest BCUT2D eigenvalue weighted by molar-refractivity contribution is -0.135. The van der Waals surface area contributed by atoms with Crippen LogP contribution in [0.1, 0.15) is 11.7 Å². The van der Waals surface area contributed by atoms with E-state index in [0.717, 1.165) is 11.3 Å². The maximum absolute atomic E-state index is 10.6. The average Bonchev–Trinajstić information content (AvgIpc) is 2.28. The van der Waals surface area contributed by atoms with Gasteiger partial charge in [-0.1, -0.05) is 12.1 Å². The Labute approximate surface area is 101 Å². The van der Waals surface area contributed by atoms with E-state index in [9.17, 15) is 9.90 Å². The fraction of sp³-hybridized carbons (Fsp3) is 0.417. The molecule has 1 rings (SSSR count). The topological polar surface area (TPSA) is 72.8 Å². The third-order valence-electron chi connectivity index (χ3n) is 2.49. The molecule has 3 N–H and O–H groups in total. The van der Waals surface area contributed by atoms with Gasteiger partial charge < -0.3 is 20.4 Å². The number of nitrogens with zero attached hydrogens (tertiary/aromatic N) is 1. The van der Waals surface area contributed by atoms with Crippen molar-refractivity contribution in [3.63, 3.8) is 0 Å². The summed E-state index contributed by atoms with van der Waals surface area (Å²) in [5.74, 6) is -0.869. The Morgan fingerprint density at radius 2 is 2.00 bits per heavy atom. The number of likely N-dealkylation sites (N-methyl/N-ethyl adjacent to an activating group) is 2. The molecule has 94 valence electrons. The van der Waals surface area contributed by atoms with Gasteiger partial charge in [0.25, 0.3) is 0 Å². The van der Waals surface area contributed by atoms with Crippen LogP contribution < -0.4 is 10.2 Å². The molecule has 0 fully saturated rings. The lowest BCUT2D eigenvalue weighted by Crippen LogP contribution is -2.25. The van der Waals surface area contributed by atoms with Gasteiger partial charge in [-0.15, -0.1) is 0 Å². The van der Waals surface area contributed by atoms with Gasteiger partial charge in [0.2, 0.25) is 0 Å². The minimum atomic E-state index is -0.869. The van der Waals surface area contributed by atoms with Crippen LogP contribution in [0.2, 0.25) is 0 Å². The summed E-state index contributed by atoms with van der Waals surface area (Å²) in [7, 11) is 3.49. The minimum Gasteiger partial charge on any atom is -0.480 e. The van der Waals surface area contributed by atoms with Crippen LogP contribution in [0.25, 0.3) is 0 Å². The van der Waals surface area contributed by atoms with Gasteiger partial charge in [0.1, 0.15) is 6.54 Å². The second kappa shape index (κ2) is 6.22. The molecule has 1 aromatic rings. The van der Waals surface area contributed by atoms with Crippen LogP contribution in [-0.2, 0) is 4.79 Å². The van der Waals surface area contributed by atoms with Gasteiger partial charge in [-0.2, -0.15) is 0 Å². The third-order valence-corrected chi connectivity index (χ3v) is 2.49. The number of nitrogens with one attached hydrogen (secondary N) is 1. The summed E-state index contributed by atoms with van der Waals surface area (Å²) in [6, 6.07) is 7.21. The quantitative estimate of drug-likeness (QED) is 0.671. The smallest absolute Gasteiger partial charge is 0.323 e. The largest absolute Gasteiger partial charge is 0.480 e. The first-order chi connectivity index (χ1) is 8.04. The molecule has 5 nitrogen and oxygen atoms in total. The number of benzene rings is 1. The molecule has 5 heteroatoms. The van der Waals surface area contributed by atoms with Crippen LogP contribution in [-0.4, -0.2) is 43.4 Å². The molecule has 0 aromatic heterocycles. The molecular formula is C12H18N2O3. The summed E-state index contributed by atoms with van der Waals surface area (Å²) < 4.78 is 0. The summed E-state index contributed by atoms with van der Waals surface area (Å²) in [5.41, 5.74) is 1.62. The number of carboxylic acid groups (broad SMARTS) is 1. The van der Waals surface area contributed by atoms with Crippen LogP contribution in [0.3, 0.4) is 0 Å². The molecule has 0 radical (unpaired) electrons. The fourth-order valence-corrected chi connectivity index (χ4v) is 1.56. The highest BCUT2D eigenvalue weighted by molar-refractivity contribution is 5.73. The number of aliphatic hydroxyl groups excluding tert-OH is 1. The van der Waals surface area contributed by atoms with Gasteiger partial charge in [-0.05, 0) is 24.7 Å². The van der Waals surface area contributed by atoms with Crippen molar-refractivity contribution in [3.05, 3.63) is 29.8 Å². The van der Waals surface area contributed by atoms with Crippen LogP contribution in [0.4, 0.5) is 5.69 Å². The van der Waals surface area contributed by atoms with E-state index in [1.807, 2.05) is 0 Å². The molecule has 0 amide bonds. The highest BCUT2D eigenvalue weighted by Gasteiger charge is 2.08. The van der Waals surface area contributed by atoms with E-state index in [-0.39, 0.29) is 6.54 Å². The summed E-state index contributed by atoms with van der Waals surface area (Å²) in [6.07, 6.45) is -0.543. The Bertz CT molecular complexity index is 365. The van der Waals surface area contributed by atoms with Crippen LogP contribution in [0.15, 0.2) is 24.3 Å². The molecule has 17 heavy (non-hydrogen) atoms. The van der Waals surface area contributed by atoms with Crippen molar-refractivity contribution in [1.82, 2.24) is 5.32 Å². The number of aliphatic hydroxyl groups is 1. The molecule has 1 aromatic carbocycles. The summed E-state index contributed by atoms with van der Waals surface area (Å²) in [5, 5.41) is 21.3. The van der Waals surface area contributed by atoms with Gasteiger partial charge in [0.15, 0.2) is 0 Å². The molecule has 0 spiro atoms.